The highest BCUT2D eigenvalue weighted by atomic mass is 32.2. The van der Waals surface area contributed by atoms with Crippen molar-refractivity contribution < 1.29 is 13.2 Å². The van der Waals surface area contributed by atoms with Crippen LogP contribution in [0.15, 0.2) is 64.6 Å². The van der Waals surface area contributed by atoms with Crippen LogP contribution in [0.2, 0.25) is 0 Å². The maximum absolute atomic E-state index is 13.4. The van der Waals surface area contributed by atoms with E-state index in [1.807, 2.05) is 19.1 Å². The predicted octanol–water partition coefficient (Wildman–Crippen LogP) is 4.66. The van der Waals surface area contributed by atoms with E-state index >= 15 is 0 Å². The number of sulfonamides is 1. The number of nitrogens with one attached hydrogen (secondary N) is 1. The fourth-order valence-corrected chi connectivity index (χ4v) is 5.28. The molecule has 0 aliphatic heterocycles. The normalized spacial score (nSPS) is 14.9. The number of aryl methyl sites for hydroxylation is 1. The summed E-state index contributed by atoms with van der Waals surface area (Å²) < 4.78 is 28.1. The highest BCUT2D eigenvalue weighted by molar-refractivity contribution is 7.92. The molecule has 7 heteroatoms. The average Bonchev–Trinajstić information content (AvgIpc) is 2.77. The van der Waals surface area contributed by atoms with Crippen molar-refractivity contribution >= 4 is 27.3 Å². The van der Waals surface area contributed by atoms with E-state index in [4.69, 9.17) is 0 Å². The lowest BCUT2D eigenvalue weighted by atomic mass is 9.99. The zero-order chi connectivity index (χ0) is 22.1. The largest absolute Gasteiger partial charge is 0.271 e. The molecule has 0 aromatic heterocycles. The first kappa shape index (κ1) is 23.0. The summed E-state index contributed by atoms with van der Waals surface area (Å²) in [5, 5.41) is 4.32. The zero-order valence-electron chi connectivity index (χ0n) is 18.1. The molecule has 1 aliphatic rings. The van der Waals surface area contributed by atoms with Gasteiger partial charge in [0, 0.05) is 5.71 Å². The van der Waals surface area contributed by atoms with Gasteiger partial charge in [-0.25, -0.2) is 13.8 Å². The fourth-order valence-electron chi connectivity index (χ4n) is 3.80. The van der Waals surface area contributed by atoms with Crippen LogP contribution >= 0.6 is 0 Å². The van der Waals surface area contributed by atoms with Crippen molar-refractivity contribution in [1.29, 1.82) is 0 Å². The third kappa shape index (κ3) is 6.17. The summed E-state index contributed by atoms with van der Waals surface area (Å²) in [5.74, 6) is -0.444. The number of para-hydroxylation sites is 1. The maximum atomic E-state index is 13.4. The second-order valence-corrected chi connectivity index (χ2v) is 9.65. The molecule has 1 amide bonds. The molecule has 1 aliphatic carbocycles. The Kier molecular flexibility index (Phi) is 8.23. The van der Waals surface area contributed by atoms with E-state index in [-0.39, 0.29) is 11.4 Å². The van der Waals surface area contributed by atoms with Gasteiger partial charge in [0.05, 0.1) is 10.6 Å². The first-order chi connectivity index (χ1) is 15.0. The number of anilines is 1. The Morgan fingerprint density at radius 2 is 1.55 bits per heavy atom. The van der Waals surface area contributed by atoms with Gasteiger partial charge in [0.2, 0.25) is 0 Å². The van der Waals surface area contributed by atoms with Crippen LogP contribution in [0, 0.1) is 0 Å². The van der Waals surface area contributed by atoms with Gasteiger partial charge >= 0.3 is 0 Å². The Morgan fingerprint density at radius 1 is 0.935 bits per heavy atom. The van der Waals surface area contributed by atoms with Crippen molar-refractivity contribution in [3.8, 4) is 0 Å². The molecule has 1 fully saturated rings. The topological polar surface area (TPSA) is 78.8 Å². The summed E-state index contributed by atoms with van der Waals surface area (Å²) in [6.07, 6.45) is 8.19. The van der Waals surface area contributed by atoms with Gasteiger partial charge in [0.15, 0.2) is 0 Å². The molecular weight excluding hydrogens is 410 g/mol. The van der Waals surface area contributed by atoms with E-state index in [2.05, 4.69) is 10.5 Å². The molecular formula is C24H31N3O3S. The Labute approximate surface area is 185 Å². The molecule has 1 N–H and O–H groups in total. The maximum Gasteiger partial charge on any atom is 0.264 e. The van der Waals surface area contributed by atoms with Crippen molar-refractivity contribution in [2.45, 2.75) is 63.2 Å². The van der Waals surface area contributed by atoms with Crippen LogP contribution in [0.4, 0.5) is 5.69 Å². The van der Waals surface area contributed by atoms with E-state index in [1.54, 1.807) is 42.5 Å². The van der Waals surface area contributed by atoms with Gasteiger partial charge < -0.3 is 0 Å². The van der Waals surface area contributed by atoms with Crippen molar-refractivity contribution in [2.24, 2.45) is 5.10 Å². The smallest absolute Gasteiger partial charge is 0.264 e. The number of hydrazone groups is 1. The van der Waals surface area contributed by atoms with Crippen molar-refractivity contribution in [3.05, 3.63) is 60.2 Å². The first-order valence-corrected chi connectivity index (χ1v) is 12.5. The Bertz CT molecular complexity index is 994. The molecule has 2 aromatic carbocycles. The summed E-state index contributed by atoms with van der Waals surface area (Å²) in [4.78, 5) is 12.9. The minimum absolute atomic E-state index is 0.153. The summed E-state index contributed by atoms with van der Waals surface area (Å²) in [6.45, 7) is 1.64. The minimum Gasteiger partial charge on any atom is -0.271 e. The predicted molar refractivity (Wildman–Crippen MR) is 125 cm³/mol. The van der Waals surface area contributed by atoms with Gasteiger partial charge in [-0.3, -0.25) is 9.10 Å². The number of amides is 1. The molecule has 0 saturated heterocycles. The SMILES string of the molecule is CCc1ccccc1N(CC(=O)NN=C1CCCCCCC1)S(=O)(=O)c1ccccc1. The Hall–Kier alpha value is -2.67. The van der Waals surface area contributed by atoms with Gasteiger partial charge in [-0.1, -0.05) is 62.6 Å². The van der Waals surface area contributed by atoms with Crippen molar-refractivity contribution in [1.82, 2.24) is 5.43 Å². The number of benzene rings is 2. The van der Waals surface area contributed by atoms with Crippen LogP contribution in [-0.2, 0) is 21.2 Å². The summed E-state index contributed by atoms with van der Waals surface area (Å²) in [6, 6.07) is 15.5. The molecule has 2 aromatic rings. The van der Waals surface area contributed by atoms with E-state index < -0.39 is 15.9 Å². The first-order valence-electron chi connectivity index (χ1n) is 11.0. The summed E-state index contributed by atoms with van der Waals surface area (Å²) in [7, 11) is -3.91. The number of hydrogen-bond acceptors (Lipinski definition) is 4. The number of rotatable bonds is 7. The Balaban J connectivity index is 1.85. The van der Waals surface area contributed by atoms with E-state index in [9.17, 15) is 13.2 Å². The van der Waals surface area contributed by atoms with Crippen LogP contribution in [0.1, 0.15) is 57.4 Å². The second-order valence-electron chi connectivity index (χ2n) is 7.79. The molecule has 0 atom stereocenters. The highest BCUT2D eigenvalue weighted by Gasteiger charge is 2.28. The van der Waals surface area contributed by atoms with Crippen LogP contribution in [0.5, 0.6) is 0 Å². The van der Waals surface area contributed by atoms with Crippen LogP contribution in [0.25, 0.3) is 0 Å². The van der Waals surface area contributed by atoms with E-state index in [0.717, 1.165) is 37.0 Å². The molecule has 0 spiro atoms. The average molecular weight is 442 g/mol. The van der Waals surface area contributed by atoms with Crippen LogP contribution in [0.3, 0.4) is 0 Å². The summed E-state index contributed by atoms with van der Waals surface area (Å²) in [5.41, 5.74) is 4.97. The standard InChI is InChI=1S/C24H31N3O3S/c1-2-20-13-11-12-18-23(20)27(31(29,30)22-16-9-6-10-17-22)19-24(28)26-25-21-14-7-4-3-5-8-15-21/h6,9-13,16-18H,2-5,7-8,14-15,19H2,1H3,(H,26,28). The molecule has 0 heterocycles. The molecule has 1 saturated carbocycles. The summed E-state index contributed by atoms with van der Waals surface area (Å²) >= 11 is 0. The van der Waals surface area contributed by atoms with Gasteiger partial charge in [-0.15, -0.1) is 0 Å². The third-order valence-electron chi connectivity index (χ3n) is 5.53. The van der Waals surface area contributed by atoms with Crippen molar-refractivity contribution in [3.63, 3.8) is 0 Å². The van der Waals surface area contributed by atoms with Gasteiger partial charge in [-0.05, 0) is 55.9 Å². The highest BCUT2D eigenvalue weighted by Crippen LogP contribution is 2.27. The minimum atomic E-state index is -3.91. The lowest BCUT2D eigenvalue weighted by Gasteiger charge is -2.25. The van der Waals surface area contributed by atoms with E-state index in [0.29, 0.717) is 12.1 Å². The number of nitrogens with zero attached hydrogens (tertiary/aromatic N) is 2. The number of carbonyl (C=O) groups excluding carboxylic acids is 1. The van der Waals surface area contributed by atoms with Gasteiger partial charge in [0.1, 0.15) is 6.54 Å². The van der Waals surface area contributed by atoms with Gasteiger partial charge in [-0.2, -0.15) is 5.10 Å². The Morgan fingerprint density at radius 3 is 2.23 bits per heavy atom. The van der Waals surface area contributed by atoms with Crippen LogP contribution < -0.4 is 9.73 Å². The number of carbonyl (C=O) groups is 1. The second kappa shape index (κ2) is 11.1. The zero-order valence-corrected chi connectivity index (χ0v) is 18.9. The van der Waals surface area contributed by atoms with Gasteiger partial charge in [0.25, 0.3) is 15.9 Å². The lowest BCUT2D eigenvalue weighted by molar-refractivity contribution is -0.119. The fraction of sp³-hybridized carbons (Fsp3) is 0.417. The third-order valence-corrected chi connectivity index (χ3v) is 7.30. The van der Waals surface area contributed by atoms with Crippen LogP contribution in [-0.4, -0.2) is 26.6 Å². The van der Waals surface area contributed by atoms with Crippen molar-refractivity contribution in [2.75, 3.05) is 10.8 Å². The molecule has 0 unspecified atom stereocenters. The molecule has 6 nitrogen and oxygen atoms in total. The van der Waals surface area contributed by atoms with E-state index in [1.165, 1.54) is 23.6 Å². The quantitative estimate of drug-likeness (QED) is 0.635. The molecule has 166 valence electrons. The number of hydrogen-bond donors (Lipinski definition) is 1. The molecule has 31 heavy (non-hydrogen) atoms. The molecule has 0 radical (unpaired) electrons. The molecule has 0 bridgehead atoms. The lowest BCUT2D eigenvalue weighted by Crippen LogP contribution is -2.40. The molecule has 3 rings (SSSR count). The monoisotopic (exact) mass is 441 g/mol.